The number of amides is 1. The van der Waals surface area contributed by atoms with Crippen LogP contribution in [0.5, 0.6) is 0 Å². The SMILES string of the molecule is Cc1cccc2[nH]c3c(c12)C(F)N(C(=O)OC(C)(C)C)CC3. The minimum absolute atomic E-state index is 0.314. The highest BCUT2D eigenvalue weighted by Gasteiger charge is 2.36. The Hall–Kier alpha value is -2.04. The molecule has 1 aromatic heterocycles. The molecule has 4 nitrogen and oxygen atoms in total. The van der Waals surface area contributed by atoms with Crippen molar-refractivity contribution in [3.05, 3.63) is 35.0 Å². The molecule has 118 valence electrons. The molecular weight excluding hydrogens is 283 g/mol. The average Bonchev–Trinajstić information content (AvgIpc) is 2.77. The largest absolute Gasteiger partial charge is 0.444 e. The van der Waals surface area contributed by atoms with Gasteiger partial charge in [0, 0.05) is 35.1 Å². The second kappa shape index (κ2) is 5.00. The number of hydrogen-bond acceptors (Lipinski definition) is 2. The van der Waals surface area contributed by atoms with Crippen LogP contribution in [0.3, 0.4) is 0 Å². The Balaban J connectivity index is 2.00. The molecule has 1 amide bonds. The van der Waals surface area contributed by atoms with Crippen LogP contribution in [-0.4, -0.2) is 28.1 Å². The number of H-pyrrole nitrogens is 1. The third-order valence-electron chi connectivity index (χ3n) is 3.90. The molecule has 1 aliphatic heterocycles. The van der Waals surface area contributed by atoms with E-state index in [2.05, 4.69) is 4.98 Å². The fourth-order valence-corrected chi connectivity index (χ4v) is 2.98. The second-order valence-corrected chi connectivity index (χ2v) is 6.77. The highest BCUT2D eigenvalue weighted by molar-refractivity contribution is 5.89. The van der Waals surface area contributed by atoms with Crippen molar-refractivity contribution < 1.29 is 13.9 Å². The molecule has 22 heavy (non-hydrogen) atoms. The number of fused-ring (bicyclic) bond motifs is 3. The predicted molar refractivity (Wildman–Crippen MR) is 83.5 cm³/mol. The molecule has 2 heterocycles. The number of rotatable bonds is 0. The van der Waals surface area contributed by atoms with Crippen LogP contribution < -0.4 is 0 Å². The molecule has 0 spiro atoms. The first-order valence-electron chi connectivity index (χ1n) is 7.51. The molecule has 1 aromatic carbocycles. The van der Waals surface area contributed by atoms with Crippen molar-refractivity contribution in [2.45, 2.75) is 46.0 Å². The first-order valence-corrected chi connectivity index (χ1v) is 7.51. The van der Waals surface area contributed by atoms with E-state index in [1.54, 1.807) is 20.8 Å². The van der Waals surface area contributed by atoms with Crippen molar-refractivity contribution in [3.8, 4) is 0 Å². The molecular formula is C17H21FN2O2. The number of carbonyl (C=O) groups is 1. The van der Waals surface area contributed by atoms with E-state index in [4.69, 9.17) is 4.74 Å². The smallest absolute Gasteiger partial charge is 0.412 e. The number of alkyl halides is 1. The lowest BCUT2D eigenvalue weighted by molar-refractivity contribution is -0.00630. The highest BCUT2D eigenvalue weighted by Crippen LogP contribution is 2.38. The standard InChI is InChI=1S/C17H21FN2O2/c1-10-6-5-7-11-13(10)14-12(19-11)8-9-20(15(14)18)16(21)22-17(2,3)4/h5-7,15,19H,8-9H2,1-4H3. The van der Waals surface area contributed by atoms with Crippen LogP contribution in [0.2, 0.25) is 0 Å². The molecule has 0 bridgehead atoms. The number of halogens is 1. The van der Waals surface area contributed by atoms with Crippen LogP contribution >= 0.6 is 0 Å². The van der Waals surface area contributed by atoms with Gasteiger partial charge in [-0.2, -0.15) is 0 Å². The first-order chi connectivity index (χ1) is 10.3. The van der Waals surface area contributed by atoms with Crippen molar-refractivity contribution in [1.82, 2.24) is 9.88 Å². The van der Waals surface area contributed by atoms with Gasteiger partial charge in [0.05, 0.1) is 0 Å². The Morgan fingerprint density at radius 3 is 2.82 bits per heavy atom. The van der Waals surface area contributed by atoms with Gasteiger partial charge in [-0.15, -0.1) is 0 Å². The van der Waals surface area contributed by atoms with Crippen LogP contribution in [-0.2, 0) is 11.2 Å². The highest BCUT2D eigenvalue weighted by atomic mass is 19.1. The molecule has 1 aliphatic rings. The Bertz CT molecular complexity index is 730. The lowest BCUT2D eigenvalue weighted by Crippen LogP contribution is -2.41. The van der Waals surface area contributed by atoms with Crippen LogP contribution in [0, 0.1) is 6.92 Å². The quantitative estimate of drug-likeness (QED) is 0.740. The zero-order chi connectivity index (χ0) is 16.1. The Morgan fingerprint density at radius 1 is 1.41 bits per heavy atom. The molecule has 0 radical (unpaired) electrons. The Morgan fingerprint density at radius 2 is 2.14 bits per heavy atom. The van der Waals surface area contributed by atoms with Crippen molar-refractivity contribution in [3.63, 3.8) is 0 Å². The molecule has 0 aliphatic carbocycles. The van der Waals surface area contributed by atoms with Gasteiger partial charge < -0.3 is 9.72 Å². The van der Waals surface area contributed by atoms with E-state index in [0.29, 0.717) is 18.5 Å². The Labute approximate surface area is 129 Å². The van der Waals surface area contributed by atoms with Gasteiger partial charge >= 0.3 is 6.09 Å². The number of aromatic amines is 1. The van der Waals surface area contributed by atoms with Gasteiger partial charge in [0.25, 0.3) is 0 Å². The number of ether oxygens (including phenoxy) is 1. The third kappa shape index (κ3) is 2.45. The fraction of sp³-hybridized carbons (Fsp3) is 0.471. The van der Waals surface area contributed by atoms with Crippen molar-refractivity contribution >= 4 is 17.0 Å². The minimum Gasteiger partial charge on any atom is -0.444 e. The topological polar surface area (TPSA) is 45.3 Å². The number of aryl methyl sites for hydroxylation is 1. The Kier molecular flexibility index (Phi) is 3.38. The summed E-state index contributed by atoms with van der Waals surface area (Å²) >= 11 is 0. The van der Waals surface area contributed by atoms with Crippen molar-refractivity contribution in [2.75, 3.05) is 6.54 Å². The molecule has 2 aromatic rings. The van der Waals surface area contributed by atoms with E-state index in [-0.39, 0.29) is 0 Å². The number of benzene rings is 1. The van der Waals surface area contributed by atoms with Crippen molar-refractivity contribution in [1.29, 1.82) is 0 Å². The van der Waals surface area contributed by atoms with Gasteiger partial charge in [0.15, 0.2) is 0 Å². The van der Waals surface area contributed by atoms with Gasteiger partial charge in [-0.25, -0.2) is 9.18 Å². The molecule has 3 rings (SSSR count). The van der Waals surface area contributed by atoms with E-state index in [1.165, 1.54) is 4.90 Å². The summed E-state index contributed by atoms with van der Waals surface area (Å²) in [6.07, 6.45) is -1.48. The molecule has 1 N–H and O–H groups in total. The zero-order valence-electron chi connectivity index (χ0n) is 13.4. The van der Waals surface area contributed by atoms with Crippen LogP contribution in [0.15, 0.2) is 18.2 Å². The monoisotopic (exact) mass is 304 g/mol. The summed E-state index contributed by atoms with van der Waals surface area (Å²) in [6, 6.07) is 5.83. The number of nitrogens with one attached hydrogen (secondary N) is 1. The van der Waals surface area contributed by atoms with Crippen molar-refractivity contribution in [2.24, 2.45) is 0 Å². The van der Waals surface area contributed by atoms with E-state index < -0.39 is 18.0 Å². The van der Waals surface area contributed by atoms with Gasteiger partial charge in [-0.3, -0.25) is 4.90 Å². The fourth-order valence-electron chi connectivity index (χ4n) is 2.98. The molecule has 0 saturated heterocycles. The average molecular weight is 304 g/mol. The van der Waals surface area contributed by atoms with Crippen LogP contribution in [0.1, 0.15) is 43.9 Å². The predicted octanol–water partition coefficient (Wildman–Crippen LogP) is 4.24. The third-order valence-corrected chi connectivity index (χ3v) is 3.90. The van der Waals surface area contributed by atoms with Gasteiger partial charge in [0.1, 0.15) is 5.60 Å². The summed E-state index contributed by atoms with van der Waals surface area (Å²) in [7, 11) is 0. The lowest BCUT2D eigenvalue weighted by atomic mass is 10.0. The lowest BCUT2D eigenvalue weighted by Gasteiger charge is -2.32. The number of nitrogens with zero attached hydrogens (tertiary/aromatic N) is 1. The van der Waals surface area contributed by atoms with Gasteiger partial charge in [0.2, 0.25) is 6.30 Å². The van der Waals surface area contributed by atoms with Gasteiger partial charge in [-0.1, -0.05) is 12.1 Å². The number of aromatic nitrogens is 1. The van der Waals surface area contributed by atoms with Gasteiger partial charge in [-0.05, 0) is 39.3 Å². The van der Waals surface area contributed by atoms with E-state index in [9.17, 15) is 4.79 Å². The summed E-state index contributed by atoms with van der Waals surface area (Å²) in [5, 5.41) is 0.873. The molecule has 0 saturated carbocycles. The van der Waals surface area contributed by atoms with E-state index in [1.807, 2.05) is 25.1 Å². The zero-order valence-corrected chi connectivity index (χ0v) is 13.4. The second-order valence-electron chi connectivity index (χ2n) is 6.77. The molecule has 5 heteroatoms. The van der Waals surface area contributed by atoms with E-state index in [0.717, 1.165) is 22.2 Å². The maximum atomic E-state index is 15.0. The number of hydrogen-bond donors (Lipinski definition) is 1. The summed E-state index contributed by atoms with van der Waals surface area (Å²) in [6.45, 7) is 7.61. The molecule has 1 unspecified atom stereocenters. The minimum atomic E-state index is -1.48. The maximum Gasteiger partial charge on any atom is 0.412 e. The molecule has 1 atom stereocenters. The number of carbonyl (C=O) groups excluding carboxylic acids is 1. The first kappa shape index (κ1) is 14.9. The summed E-state index contributed by atoms with van der Waals surface area (Å²) in [5.41, 5.74) is 2.73. The normalized spacial score (nSPS) is 18.4. The summed E-state index contributed by atoms with van der Waals surface area (Å²) in [4.78, 5) is 16.7. The van der Waals surface area contributed by atoms with Crippen LogP contribution in [0.25, 0.3) is 10.9 Å². The summed E-state index contributed by atoms with van der Waals surface area (Å²) < 4.78 is 20.3. The maximum absolute atomic E-state index is 15.0. The van der Waals surface area contributed by atoms with E-state index >= 15 is 4.39 Å². The molecule has 0 fully saturated rings. The van der Waals surface area contributed by atoms with Crippen LogP contribution in [0.4, 0.5) is 9.18 Å². The summed E-state index contributed by atoms with van der Waals surface area (Å²) in [5.74, 6) is 0.